The van der Waals surface area contributed by atoms with Crippen molar-refractivity contribution in [2.45, 2.75) is 6.04 Å². The molecule has 0 bridgehead atoms. The maximum Gasteiger partial charge on any atom is 0.328 e. The first-order chi connectivity index (χ1) is 8.00. The van der Waals surface area contributed by atoms with Crippen LogP contribution in [0.1, 0.15) is 11.6 Å². The normalized spacial score (nSPS) is 13.1. The Labute approximate surface area is 105 Å². The predicted octanol–water partition coefficient (Wildman–Crippen LogP) is 1.02. The number of sulfonamides is 1. The molecule has 0 aromatic heterocycles. The maximum atomic E-state index is 11.5. The largest absolute Gasteiger partial charge is 0.468 e. The molecular weight excluding hydrogens is 266 g/mol. The van der Waals surface area contributed by atoms with Crippen molar-refractivity contribution >= 4 is 27.6 Å². The Morgan fingerprint density at radius 3 is 2.47 bits per heavy atom. The molecular formula is C10H12ClNO4S. The highest BCUT2D eigenvalue weighted by atomic mass is 35.5. The number of benzene rings is 1. The van der Waals surface area contributed by atoms with Gasteiger partial charge in [-0.1, -0.05) is 30.3 Å². The molecule has 0 radical (unpaired) electrons. The Balaban J connectivity index is 3.02. The lowest BCUT2D eigenvalue weighted by Gasteiger charge is -2.15. The summed E-state index contributed by atoms with van der Waals surface area (Å²) in [6.45, 7) is 0. The van der Waals surface area contributed by atoms with E-state index in [1.807, 2.05) is 0 Å². The van der Waals surface area contributed by atoms with E-state index in [1.165, 1.54) is 7.11 Å². The van der Waals surface area contributed by atoms with Crippen LogP contribution in [0.4, 0.5) is 0 Å². The zero-order valence-corrected chi connectivity index (χ0v) is 10.7. The molecule has 0 fully saturated rings. The van der Waals surface area contributed by atoms with Gasteiger partial charge in [-0.3, -0.25) is 0 Å². The van der Waals surface area contributed by atoms with E-state index in [0.29, 0.717) is 5.56 Å². The van der Waals surface area contributed by atoms with Crippen molar-refractivity contribution in [2.24, 2.45) is 0 Å². The topological polar surface area (TPSA) is 72.5 Å². The minimum absolute atomic E-state index is 0.494. The molecule has 1 aromatic rings. The number of carbonyl (C=O) groups is 1. The average molecular weight is 278 g/mol. The van der Waals surface area contributed by atoms with Gasteiger partial charge in [0.15, 0.2) is 0 Å². The molecule has 1 unspecified atom stereocenters. The van der Waals surface area contributed by atoms with E-state index in [1.54, 1.807) is 30.3 Å². The standard InChI is InChI=1S/C10H12ClNO4S/c1-16-10(13)9(12-17(14,15)7-11)8-5-3-2-4-6-8/h2-6,9,12H,7H2,1H3. The molecule has 1 rings (SSSR count). The molecule has 0 heterocycles. The fourth-order valence-corrected chi connectivity index (χ4v) is 2.07. The van der Waals surface area contributed by atoms with Crippen molar-refractivity contribution in [3.63, 3.8) is 0 Å². The molecule has 0 aliphatic heterocycles. The Bertz CT molecular complexity index is 474. The second-order valence-corrected chi connectivity index (χ2v) is 5.55. The van der Waals surface area contributed by atoms with E-state index in [9.17, 15) is 13.2 Å². The van der Waals surface area contributed by atoms with Gasteiger partial charge in [-0.25, -0.2) is 13.2 Å². The number of carbonyl (C=O) groups excluding carboxylic acids is 1. The zero-order valence-electron chi connectivity index (χ0n) is 9.09. The van der Waals surface area contributed by atoms with Crippen molar-refractivity contribution in [2.75, 3.05) is 12.3 Å². The Morgan fingerprint density at radius 1 is 1.41 bits per heavy atom. The first-order valence-electron chi connectivity index (χ1n) is 4.69. The molecule has 1 aromatic carbocycles. The third-order valence-corrected chi connectivity index (χ3v) is 3.75. The number of hydrogen-bond donors (Lipinski definition) is 1. The summed E-state index contributed by atoms with van der Waals surface area (Å²) in [5, 5.41) is -0.618. The smallest absolute Gasteiger partial charge is 0.328 e. The number of alkyl halides is 1. The number of halogens is 1. The summed E-state index contributed by atoms with van der Waals surface area (Å²) in [4.78, 5) is 11.5. The van der Waals surface area contributed by atoms with Crippen molar-refractivity contribution in [3.05, 3.63) is 35.9 Å². The van der Waals surface area contributed by atoms with Crippen LogP contribution in [-0.2, 0) is 19.6 Å². The fraction of sp³-hybridized carbons (Fsp3) is 0.300. The Morgan fingerprint density at radius 2 is 2.00 bits per heavy atom. The zero-order chi connectivity index (χ0) is 12.9. The molecule has 0 spiro atoms. The molecule has 0 amide bonds. The highest BCUT2D eigenvalue weighted by Gasteiger charge is 2.26. The van der Waals surface area contributed by atoms with E-state index in [0.717, 1.165) is 0 Å². The van der Waals surface area contributed by atoms with Crippen LogP contribution in [0.2, 0.25) is 0 Å². The monoisotopic (exact) mass is 277 g/mol. The van der Waals surface area contributed by atoms with Crippen molar-refractivity contribution in [3.8, 4) is 0 Å². The van der Waals surface area contributed by atoms with Crippen LogP contribution in [0.15, 0.2) is 30.3 Å². The number of rotatable bonds is 5. The van der Waals surface area contributed by atoms with Gasteiger partial charge in [-0.2, -0.15) is 4.72 Å². The third kappa shape index (κ3) is 3.99. The molecule has 0 saturated heterocycles. The van der Waals surface area contributed by atoms with Crippen LogP contribution in [0.5, 0.6) is 0 Å². The first-order valence-corrected chi connectivity index (χ1v) is 6.87. The molecule has 17 heavy (non-hydrogen) atoms. The van der Waals surface area contributed by atoms with Crippen LogP contribution in [0.25, 0.3) is 0 Å². The summed E-state index contributed by atoms with van der Waals surface area (Å²) in [7, 11) is -2.52. The van der Waals surface area contributed by atoms with Crippen molar-refractivity contribution < 1.29 is 17.9 Å². The summed E-state index contributed by atoms with van der Waals surface area (Å²) in [5.41, 5.74) is 0.494. The maximum absolute atomic E-state index is 11.5. The lowest BCUT2D eigenvalue weighted by atomic mass is 10.1. The van der Waals surface area contributed by atoms with Gasteiger partial charge in [0.1, 0.15) is 11.3 Å². The summed E-state index contributed by atoms with van der Waals surface area (Å²) in [6.07, 6.45) is 0. The highest BCUT2D eigenvalue weighted by Crippen LogP contribution is 2.15. The van der Waals surface area contributed by atoms with Gasteiger partial charge in [0.05, 0.1) is 7.11 Å². The van der Waals surface area contributed by atoms with Gasteiger partial charge in [-0.15, -0.1) is 11.6 Å². The molecule has 5 nitrogen and oxygen atoms in total. The Hall–Kier alpha value is -1.11. The van der Waals surface area contributed by atoms with Crippen LogP contribution in [0.3, 0.4) is 0 Å². The number of methoxy groups -OCH3 is 1. The molecule has 0 aliphatic rings. The quantitative estimate of drug-likeness (QED) is 0.644. The van der Waals surface area contributed by atoms with Crippen molar-refractivity contribution in [1.29, 1.82) is 0 Å². The molecule has 94 valence electrons. The van der Waals surface area contributed by atoms with Crippen LogP contribution >= 0.6 is 11.6 Å². The van der Waals surface area contributed by atoms with Gasteiger partial charge >= 0.3 is 5.97 Å². The van der Waals surface area contributed by atoms with Gasteiger partial charge in [-0.05, 0) is 5.56 Å². The third-order valence-electron chi connectivity index (χ3n) is 2.01. The van der Waals surface area contributed by atoms with Gasteiger partial charge in [0, 0.05) is 0 Å². The van der Waals surface area contributed by atoms with E-state index >= 15 is 0 Å². The summed E-state index contributed by atoms with van der Waals surface area (Å²) < 4.78 is 29.4. The molecule has 1 N–H and O–H groups in total. The summed E-state index contributed by atoms with van der Waals surface area (Å²) in [5.74, 6) is -0.690. The van der Waals surface area contributed by atoms with Crippen LogP contribution in [0, 0.1) is 0 Å². The molecule has 7 heteroatoms. The van der Waals surface area contributed by atoms with Gasteiger partial charge in [0.25, 0.3) is 0 Å². The average Bonchev–Trinajstić information content (AvgIpc) is 2.36. The first kappa shape index (κ1) is 14.0. The minimum Gasteiger partial charge on any atom is -0.468 e. The molecule has 0 saturated carbocycles. The molecule has 1 atom stereocenters. The second-order valence-electron chi connectivity index (χ2n) is 3.21. The lowest BCUT2D eigenvalue weighted by Crippen LogP contribution is -2.35. The fourth-order valence-electron chi connectivity index (χ4n) is 1.23. The number of ether oxygens (including phenoxy) is 1. The second kappa shape index (κ2) is 6.00. The molecule has 0 aliphatic carbocycles. The number of hydrogen-bond acceptors (Lipinski definition) is 4. The van der Waals surface area contributed by atoms with Gasteiger partial charge in [0.2, 0.25) is 10.0 Å². The lowest BCUT2D eigenvalue weighted by molar-refractivity contribution is -0.142. The van der Waals surface area contributed by atoms with Gasteiger partial charge < -0.3 is 4.74 Å². The van der Waals surface area contributed by atoms with E-state index in [4.69, 9.17) is 11.6 Å². The van der Waals surface area contributed by atoms with E-state index in [-0.39, 0.29) is 0 Å². The predicted molar refractivity (Wildman–Crippen MR) is 64.0 cm³/mol. The number of esters is 1. The minimum atomic E-state index is -3.71. The van der Waals surface area contributed by atoms with E-state index in [2.05, 4.69) is 9.46 Å². The van der Waals surface area contributed by atoms with Crippen LogP contribution in [-0.4, -0.2) is 26.7 Å². The highest BCUT2D eigenvalue weighted by molar-refractivity contribution is 7.90. The van der Waals surface area contributed by atoms with E-state index < -0.39 is 27.2 Å². The Kier molecular flexibility index (Phi) is 4.92. The SMILES string of the molecule is COC(=O)C(NS(=O)(=O)CCl)c1ccccc1. The summed E-state index contributed by atoms with van der Waals surface area (Å²) in [6, 6.07) is 7.32. The number of nitrogens with one attached hydrogen (secondary N) is 1. The van der Waals surface area contributed by atoms with Crippen molar-refractivity contribution in [1.82, 2.24) is 4.72 Å². The summed E-state index contributed by atoms with van der Waals surface area (Å²) >= 11 is 5.27. The van der Waals surface area contributed by atoms with Crippen LogP contribution < -0.4 is 4.72 Å².